The first-order chi connectivity index (χ1) is 7.72. The molecular formula is C13H13NO2. The van der Waals surface area contributed by atoms with Crippen LogP contribution >= 0.6 is 0 Å². The van der Waals surface area contributed by atoms with Crippen molar-refractivity contribution < 1.29 is 9.63 Å². The second-order valence-electron chi connectivity index (χ2n) is 3.62. The minimum Gasteiger partial charge on any atom is -0.416 e. The minimum absolute atomic E-state index is 0.621. The summed E-state index contributed by atoms with van der Waals surface area (Å²) in [5.41, 5.74) is 3.30. The molecule has 0 atom stereocenters. The number of hydrogen-bond acceptors (Lipinski definition) is 2. The van der Waals surface area contributed by atoms with E-state index in [1.807, 2.05) is 25.1 Å². The first-order valence-corrected chi connectivity index (χ1v) is 5.00. The summed E-state index contributed by atoms with van der Waals surface area (Å²) in [6, 6.07) is 5.90. The fourth-order valence-corrected chi connectivity index (χ4v) is 1.93. The van der Waals surface area contributed by atoms with E-state index in [4.69, 9.17) is 4.84 Å². The maximum Gasteiger partial charge on any atom is 0.152 e. The van der Waals surface area contributed by atoms with Gasteiger partial charge in [-0.15, -0.1) is 0 Å². The number of benzene rings is 1. The molecule has 82 valence electrons. The van der Waals surface area contributed by atoms with E-state index in [0.717, 1.165) is 22.8 Å². The molecule has 2 aromatic rings. The number of aromatic nitrogens is 1. The number of carbonyl (C=O) groups is 1. The van der Waals surface area contributed by atoms with Crippen molar-refractivity contribution in [3.05, 3.63) is 41.6 Å². The van der Waals surface area contributed by atoms with Crippen molar-refractivity contribution in [3.8, 4) is 0 Å². The van der Waals surface area contributed by atoms with Crippen molar-refractivity contribution in [3.63, 3.8) is 0 Å². The van der Waals surface area contributed by atoms with Gasteiger partial charge in [0.1, 0.15) is 7.11 Å². The van der Waals surface area contributed by atoms with E-state index in [2.05, 4.69) is 6.58 Å². The zero-order valence-electron chi connectivity index (χ0n) is 9.36. The summed E-state index contributed by atoms with van der Waals surface area (Å²) in [7, 11) is 1.57. The van der Waals surface area contributed by atoms with Crippen LogP contribution in [0.15, 0.2) is 24.8 Å². The fraction of sp³-hybridized carbons (Fsp3) is 0.154. The van der Waals surface area contributed by atoms with Gasteiger partial charge in [0.15, 0.2) is 6.29 Å². The maximum atomic E-state index is 11.1. The SMILES string of the molecule is C=Cc1c(C=O)c2cc(C)ccc2n1OC. The van der Waals surface area contributed by atoms with E-state index in [1.54, 1.807) is 17.9 Å². The van der Waals surface area contributed by atoms with Crippen LogP contribution in [0.25, 0.3) is 17.0 Å². The van der Waals surface area contributed by atoms with Gasteiger partial charge < -0.3 is 4.84 Å². The Hall–Kier alpha value is -2.03. The van der Waals surface area contributed by atoms with Gasteiger partial charge in [-0.05, 0) is 25.1 Å². The molecule has 16 heavy (non-hydrogen) atoms. The van der Waals surface area contributed by atoms with Gasteiger partial charge in [0.2, 0.25) is 0 Å². The molecule has 1 heterocycles. The molecule has 0 aliphatic rings. The minimum atomic E-state index is 0.621. The third-order valence-electron chi connectivity index (χ3n) is 2.65. The summed E-state index contributed by atoms with van der Waals surface area (Å²) in [5, 5.41) is 0.895. The van der Waals surface area contributed by atoms with Crippen LogP contribution in [0.5, 0.6) is 0 Å². The van der Waals surface area contributed by atoms with Crippen LogP contribution in [0.4, 0.5) is 0 Å². The van der Waals surface area contributed by atoms with Gasteiger partial charge in [-0.2, -0.15) is 4.73 Å². The van der Waals surface area contributed by atoms with E-state index < -0.39 is 0 Å². The van der Waals surface area contributed by atoms with Crippen LogP contribution in [-0.2, 0) is 0 Å². The summed E-state index contributed by atoms with van der Waals surface area (Å²) in [6.45, 7) is 5.70. The third-order valence-corrected chi connectivity index (χ3v) is 2.65. The van der Waals surface area contributed by atoms with Crippen LogP contribution in [0.3, 0.4) is 0 Å². The molecule has 0 aliphatic heterocycles. The quantitative estimate of drug-likeness (QED) is 0.736. The highest BCUT2D eigenvalue weighted by molar-refractivity contribution is 6.01. The van der Waals surface area contributed by atoms with E-state index >= 15 is 0 Å². The molecule has 0 saturated heterocycles. The number of aryl methyl sites for hydroxylation is 1. The number of rotatable bonds is 3. The maximum absolute atomic E-state index is 11.1. The van der Waals surface area contributed by atoms with Crippen LogP contribution in [0, 0.1) is 6.92 Å². The second-order valence-corrected chi connectivity index (χ2v) is 3.62. The zero-order chi connectivity index (χ0) is 11.7. The molecule has 0 N–H and O–H groups in total. The van der Waals surface area contributed by atoms with Gasteiger partial charge in [0.05, 0.1) is 16.8 Å². The van der Waals surface area contributed by atoms with Crippen molar-refractivity contribution in [2.75, 3.05) is 7.11 Å². The topological polar surface area (TPSA) is 31.2 Å². The molecule has 0 spiro atoms. The molecule has 0 radical (unpaired) electrons. The van der Waals surface area contributed by atoms with Crippen molar-refractivity contribution in [1.29, 1.82) is 0 Å². The molecule has 1 aromatic heterocycles. The Kier molecular flexibility index (Phi) is 2.52. The van der Waals surface area contributed by atoms with E-state index in [0.29, 0.717) is 11.3 Å². The molecule has 3 heteroatoms. The van der Waals surface area contributed by atoms with E-state index in [9.17, 15) is 4.79 Å². The summed E-state index contributed by atoms with van der Waals surface area (Å²) >= 11 is 0. The fourth-order valence-electron chi connectivity index (χ4n) is 1.93. The van der Waals surface area contributed by atoms with Gasteiger partial charge in [-0.1, -0.05) is 18.2 Å². The smallest absolute Gasteiger partial charge is 0.152 e. The molecule has 0 unspecified atom stereocenters. The molecule has 0 bridgehead atoms. The molecule has 2 rings (SSSR count). The number of fused-ring (bicyclic) bond motifs is 1. The first-order valence-electron chi connectivity index (χ1n) is 5.00. The molecule has 3 nitrogen and oxygen atoms in total. The van der Waals surface area contributed by atoms with E-state index in [-0.39, 0.29) is 0 Å². The lowest BCUT2D eigenvalue weighted by molar-refractivity contribution is 0.112. The van der Waals surface area contributed by atoms with Gasteiger partial charge in [-0.3, -0.25) is 4.79 Å². The van der Waals surface area contributed by atoms with Gasteiger partial charge in [0, 0.05) is 5.39 Å². The summed E-state index contributed by atoms with van der Waals surface area (Å²) in [6.07, 6.45) is 2.47. The molecular weight excluding hydrogens is 202 g/mol. The standard InChI is InChI=1S/C13H13NO2/c1-4-12-11(8-15)10-7-9(2)5-6-13(10)14(12)16-3/h4-8H,1H2,2-3H3. The number of carbonyl (C=O) groups excluding carboxylic acids is 1. The van der Waals surface area contributed by atoms with Crippen molar-refractivity contribution in [2.24, 2.45) is 0 Å². The normalized spacial score (nSPS) is 10.4. The number of hydrogen-bond donors (Lipinski definition) is 0. The monoisotopic (exact) mass is 215 g/mol. The molecule has 0 amide bonds. The summed E-state index contributed by atoms with van der Waals surface area (Å²) in [5.74, 6) is 0. The number of aldehydes is 1. The Morgan fingerprint density at radius 1 is 1.44 bits per heavy atom. The predicted molar refractivity (Wildman–Crippen MR) is 64.7 cm³/mol. The zero-order valence-corrected chi connectivity index (χ0v) is 9.36. The van der Waals surface area contributed by atoms with Crippen molar-refractivity contribution in [2.45, 2.75) is 6.92 Å². The largest absolute Gasteiger partial charge is 0.416 e. The molecule has 0 fully saturated rings. The predicted octanol–water partition coefficient (Wildman–Crippen LogP) is 2.46. The van der Waals surface area contributed by atoms with E-state index in [1.165, 1.54) is 0 Å². The highest BCUT2D eigenvalue weighted by Gasteiger charge is 2.14. The average Bonchev–Trinajstić information content (AvgIpc) is 2.60. The Labute approximate surface area is 93.9 Å². The Bertz CT molecular complexity index is 567. The highest BCUT2D eigenvalue weighted by atomic mass is 16.6. The lowest BCUT2D eigenvalue weighted by Crippen LogP contribution is -2.07. The summed E-state index contributed by atoms with van der Waals surface area (Å²) < 4.78 is 1.62. The Balaban J connectivity index is 2.95. The Morgan fingerprint density at radius 3 is 2.75 bits per heavy atom. The Morgan fingerprint density at radius 2 is 2.19 bits per heavy atom. The van der Waals surface area contributed by atoms with Crippen LogP contribution < -0.4 is 4.84 Å². The van der Waals surface area contributed by atoms with Crippen molar-refractivity contribution >= 4 is 23.3 Å². The van der Waals surface area contributed by atoms with Gasteiger partial charge >= 0.3 is 0 Å². The van der Waals surface area contributed by atoms with Crippen LogP contribution in [-0.4, -0.2) is 18.1 Å². The lowest BCUT2D eigenvalue weighted by Gasteiger charge is -2.05. The number of nitrogens with zero attached hydrogens (tertiary/aromatic N) is 1. The highest BCUT2D eigenvalue weighted by Crippen LogP contribution is 2.25. The average molecular weight is 215 g/mol. The third kappa shape index (κ3) is 1.33. The van der Waals surface area contributed by atoms with Gasteiger partial charge in [0.25, 0.3) is 0 Å². The second kappa shape index (κ2) is 3.85. The molecule has 0 saturated carbocycles. The van der Waals surface area contributed by atoms with Gasteiger partial charge in [-0.25, -0.2) is 0 Å². The van der Waals surface area contributed by atoms with Crippen LogP contribution in [0.2, 0.25) is 0 Å². The first kappa shape index (κ1) is 10.5. The molecule has 1 aromatic carbocycles. The molecule has 0 aliphatic carbocycles. The lowest BCUT2D eigenvalue weighted by atomic mass is 10.1. The van der Waals surface area contributed by atoms with Crippen molar-refractivity contribution in [1.82, 2.24) is 4.73 Å². The van der Waals surface area contributed by atoms with Crippen LogP contribution in [0.1, 0.15) is 21.6 Å². The summed E-state index contributed by atoms with van der Waals surface area (Å²) in [4.78, 5) is 16.4.